The Morgan fingerprint density at radius 1 is 0.889 bits per heavy atom. The molecular weight excluding hydrogens is 326 g/mol. The van der Waals surface area contributed by atoms with Gasteiger partial charge >= 0.3 is 0 Å². The van der Waals surface area contributed by atoms with Crippen LogP contribution < -0.4 is 0 Å². The average molecular weight is 366 g/mol. The molecule has 0 spiro atoms. The van der Waals surface area contributed by atoms with E-state index >= 15 is 0 Å². The number of benzene rings is 1. The third kappa shape index (κ3) is 4.96. The molecule has 0 N–H and O–H groups in total. The maximum absolute atomic E-state index is 10.0. The molecule has 2 aliphatic carbocycles. The average Bonchev–Trinajstić information content (AvgIpc) is 2.73. The number of hydrogen-bond acceptors (Lipinski definition) is 1. The molecule has 0 unspecified atom stereocenters. The summed E-state index contributed by atoms with van der Waals surface area (Å²) in [5, 5.41) is 10.0. The molecule has 2 fully saturated rings. The van der Waals surface area contributed by atoms with Crippen molar-refractivity contribution >= 4 is 0 Å². The Labute approximate surface area is 167 Å². The fourth-order valence-electron chi connectivity index (χ4n) is 5.79. The van der Waals surface area contributed by atoms with Crippen molar-refractivity contribution in [3.8, 4) is 6.07 Å². The van der Waals surface area contributed by atoms with Gasteiger partial charge in [0.25, 0.3) is 0 Å². The normalized spacial score (nSPS) is 31.4. The quantitative estimate of drug-likeness (QED) is 0.488. The van der Waals surface area contributed by atoms with Crippen molar-refractivity contribution in [1.29, 1.82) is 5.26 Å². The molecule has 0 bridgehead atoms. The van der Waals surface area contributed by atoms with Gasteiger partial charge in [-0.3, -0.25) is 0 Å². The second-order valence-corrected chi connectivity index (χ2v) is 9.40. The highest BCUT2D eigenvalue weighted by atomic mass is 14.5. The molecule has 2 saturated carbocycles. The van der Waals surface area contributed by atoms with Gasteiger partial charge in [0.1, 0.15) is 0 Å². The summed E-state index contributed by atoms with van der Waals surface area (Å²) in [6, 6.07) is 11.7. The predicted molar refractivity (Wildman–Crippen MR) is 115 cm³/mol. The van der Waals surface area contributed by atoms with Gasteiger partial charge in [-0.15, -0.1) is 0 Å². The van der Waals surface area contributed by atoms with Crippen molar-refractivity contribution in [2.75, 3.05) is 0 Å². The molecule has 148 valence electrons. The number of nitriles is 1. The van der Waals surface area contributed by atoms with Crippen LogP contribution >= 0.6 is 0 Å². The number of aryl methyl sites for hydroxylation is 1. The lowest BCUT2D eigenvalue weighted by Gasteiger charge is -2.41. The molecule has 1 aromatic carbocycles. The first-order chi connectivity index (χ1) is 13.2. The van der Waals surface area contributed by atoms with Crippen LogP contribution in [0.5, 0.6) is 0 Å². The zero-order valence-electron chi connectivity index (χ0n) is 17.7. The van der Waals surface area contributed by atoms with Crippen molar-refractivity contribution in [3.63, 3.8) is 0 Å². The fraction of sp³-hybridized carbons (Fsp3) is 0.731. The lowest BCUT2D eigenvalue weighted by Crippen LogP contribution is -2.33. The minimum atomic E-state index is -0.223. The van der Waals surface area contributed by atoms with Crippen molar-refractivity contribution in [1.82, 2.24) is 0 Å². The van der Waals surface area contributed by atoms with Gasteiger partial charge in [0.2, 0.25) is 0 Å². The zero-order chi connectivity index (χ0) is 19.1. The summed E-state index contributed by atoms with van der Waals surface area (Å²) in [4.78, 5) is 0. The van der Waals surface area contributed by atoms with Crippen LogP contribution in [0.2, 0.25) is 0 Å². The molecule has 0 aliphatic heterocycles. The summed E-state index contributed by atoms with van der Waals surface area (Å²) >= 11 is 0. The Morgan fingerprint density at radius 2 is 1.52 bits per heavy atom. The van der Waals surface area contributed by atoms with E-state index in [1.807, 2.05) is 0 Å². The molecule has 2 aliphatic rings. The molecule has 0 amide bonds. The van der Waals surface area contributed by atoms with Crippen LogP contribution in [0.1, 0.15) is 102 Å². The Morgan fingerprint density at radius 3 is 2.07 bits per heavy atom. The van der Waals surface area contributed by atoms with Gasteiger partial charge in [-0.05, 0) is 73.8 Å². The number of nitrogens with zero attached hydrogens (tertiary/aromatic N) is 1. The monoisotopic (exact) mass is 365 g/mol. The van der Waals surface area contributed by atoms with E-state index in [1.54, 1.807) is 0 Å². The number of rotatable bonds is 7. The third-order valence-corrected chi connectivity index (χ3v) is 7.67. The third-order valence-electron chi connectivity index (χ3n) is 7.67. The number of unbranched alkanes of at least 4 members (excludes halogenated alkanes) is 1. The van der Waals surface area contributed by atoms with E-state index in [0.717, 1.165) is 37.0 Å². The topological polar surface area (TPSA) is 23.8 Å². The van der Waals surface area contributed by atoms with E-state index in [-0.39, 0.29) is 5.41 Å². The molecule has 0 heterocycles. The predicted octanol–water partition coefficient (Wildman–Crippen LogP) is 7.59. The first kappa shape index (κ1) is 20.4. The molecular formula is C26H39N. The smallest absolute Gasteiger partial charge is 0.0822 e. The summed E-state index contributed by atoms with van der Waals surface area (Å²) < 4.78 is 0. The van der Waals surface area contributed by atoms with E-state index < -0.39 is 0 Å². The number of hydrogen-bond donors (Lipinski definition) is 0. The van der Waals surface area contributed by atoms with Crippen molar-refractivity contribution in [2.45, 2.75) is 103 Å². The lowest BCUT2D eigenvalue weighted by atomic mass is 9.62. The Kier molecular flexibility index (Phi) is 7.40. The van der Waals surface area contributed by atoms with E-state index in [0.29, 0.717) is 0 Å². The van der Waals surface area contributed by atoms with E-state index in [1.165, 1.54) is 75.3 Å². The SMILES string of the molecule is CCCCC1CCC([C@H]2CC[C@](C#N)(c3ccc(CCC)cc3)CC2)CC1. The van der Waals surface area contributed by atoms with Gasteiger partial charge in [0.15, 0.2) is 0 Å². The van der Waals surface area contributed by atoms with Crippen LogP contribution in [0.3, 0.4) is 0 Å². The van der Waals surface area contributed by atoms with Gasteiger partial charge in [0.05, 0.1) is 11.5 Å². The Balaban J connectivity index is 1.54. The maximum atomic E-state index is 10.0. The molecule has 1 aromatic rings. The first-order valence-corrected chi connectivity index (χ1v) is 11.7. The summed E-state index contributed by atoms with van der Waals surface area (Å²) in [5.74, 6) is 2.81. The molecule has 1 heteroatoms. The molecule has 27 heavy (non-hydrogen) atoms. The van der Waals surface area contributed by atoms with Gasteiger partial charge in [-0.1, -0.05) is 76.6 Å². The van der Waals surface area contributed by atoms with E-state index in [4.69, 9.17) is 0 Å². The van der Waals surface area contributed by atoms with Crippen LogP contribution in [0.15, 0.2) is 24.3 Å². The van der Waals surface area contributed by atoms with Crippen molar-refractivity contribution < 1.29 is 0 Å². The molecule has 0 aromatic heterocycles. The largest absolute Gasteiger partial charge is 0.197 e. The van der Waals surface area contributed by atoms with Gasteiger partial charge < -0.3 is 0 Å². The van der Waals surface area contributed by atoms with Crippen LogP contribution in [-0.4, -0.2) is 0 Å². The Bertz CT molecular complexity index is 592. The summed E-state index contributed by atoms with van der Waals surface area (Å²) in [5.41, 5.74) is 2.45. The Hall–Kier alpha value is -1.29. The van der Waals surface area contributed by atoms with Gasteiger partial charge in [-0.25, -0.2) is 0 Å². The fourth-order valence-corrected chi connectivity index (χ4v) is 5.79. The summed E-state index contributed by atoms with van der Waals surface area (Å²) in [7, 11) is 0. The summed E-state index contributed by atoms with van der Waals surface area (Å²) in [6.45, 7) is 4.54. The highest BCUT2D eigenvalue weighted by molar-refractivity contribution is 5.35. The zero-order valence-corrected chi connectivity index (χ0v) is 17.7. The van der Waals surface area contributed by atoms with Crippen LogP contribution in [0, 0.1) is 29.1 Å². The van der Waals surface area contributed by atoms with E-state index in [9.17, 15) is 5.26 Å². The van der Waals surface area contributed by atoms with Crippen LogP contribution in [0.4, 0.5) is 0 Å². The van der Waals surface area contributed by atoms with Gasteiger partial charge in [0, 0.05) is 0 Å². The lowest BCUT2D eigenvalue weighted by molar-refractivity contribution is 0.144. The van der Waals surface area contributed by atoms with Crippen molar-refractivity contribution in [2.24, 2.45) is 17.8 Å². The summed E-state index contributed by atoms with van der Waals surface area (Å²) in [6.07, 6.45) is 17.0. The molecule has 0 saturated heterocycles. The molecule has 1 nitrogen and oxygen atoms in total. The highest BCUT2D eigenvalue weighted by Crippen LogP contribution is 2.47. The van der Waals surface area contributed by atoms with Crippen LogP contribution in [-0.2, 0) is 11.8 Å². The molecule has 0 radical (unpaired) electrons. The minimum Gasteiger partial charge on any atom is -0.197 e. The second-order valence-electron chi connectivity index (χ2n) is 9.40. The van der Waals surface area contributed by atoms with Crippen LogP contribution in [0.25, 0.3) is 0 Å². The van der Waals surface area contributed by atoms with Gasteiger partial charge in [-0.2, -0.15) is 5.26 Å². The minimum absolute atomic E-state index is 0.223. The highest BCUT2D eigenvalue weighted by Gasteiger charge is 2.39. The maximum Gasteiger partial charge on any atom is 0.0822 e. The molecule has 0 atom stereocenters. The first-order valence-electron chi connectivity index (χ1n) is 11.7. The standard InChI is InChI=1S/C26H39N/c1-3-5-7-22-8-12-23(13-9-22)24-16-18-26(20-27,19-17-24)25-14-10-21(6-4-2)11-15-25/h10-11,14-15,22-24H,3-9,12-13,16-19H2,1-2H3/t22?,23?,24-,26-. The van der Waals surface area contributed by atoms with E-state index in [2.05, 4.69) is 44.2 Å². The van der Waals surface area contributed by atoms with Crippen molar-refractivity contribution in [3.05, 3.63) is 35.4 Å². The second kappa shape index (κ2) is 9.77. The molecule has 3 rings (SSSR count).